The molecule has 0 bridgehead atoms. The monoisotopic (exact) mass is 405 g/mol. The Bertz CT molecular complexity index is 984. The molecule has 0 unspecified atom stereocenters. The number of aryl methyl sites for hydroxylation is 1. The molecule has 5 nitrogen and oxygen atoms in total. The van der Waals surface area contributed by atoms with Crippen molar-refractivity contribution in [2.24, 2.45) is 0 Å². The predicted octanol–water partition coefficient (Wildman–Crippen LogP) is 5.05. The van der Waals surface area contributed by atoms with Gasteiger partial charge in [0.05, 0.1) is 12.2 Å². The average Bonchev–Trinajstić information content (AvgIpc) is 3.18. The quantitative estimate of drug-likeness (QED) is 0.552. The van der Waals surface area contributed by atoms with E-state index in [2.05, 4.69) is 38.0 Å². The molecular weight excluding hydrogens is 374 g/mol. The van der Waals surface area contributed by atoms with Crippen LogP contribution in [0.1, 0.15) is 54.9 Å². The van der Waals surface area contributed by atoms with Crippen LogP contribution in [0.5, 0.6) is 5.75 Å². The fraction of sp³-hybridized carbons (Fsp3) is 0.360. The maximum atomic E-state index is 12.9. The Balaban J connectivity index is 1.63. The molecule has 0 saturated heterocycles. The summed E-state index contributed by atoms with van der Waals surface area (Å²) in [4.78, 5) is 14.6. The summed E-state index contributed by atoms with van der Waals surface area (Å²) < 4.78 is 7.84. The molecule has 5 heteroatoms. The van der Waals surface area contributed by atoms with Gasteiger partial charge in [-0.3, -0.25) is 9.48 Å². The molecular formula is C25H31N3O2. The lowest BCUT2D eigenvalue weighted by atomic mass is 9.87. The summed E-state index contributed by atoms with van der Waals surface area (Å²) in [5.41, 5.74) is 4.03. The van der Waals surface area contributed by atoms with Gasteiger partial charge in [-0.1, -0.05) is 45.0 Å². The molecule has 0 N–H and O–H groups in total. The molecule has 0 aliphatic carbocycles. The van der Waals surface area contributed by atoms with Gasteiger partial charge < -0.3 is 9.64 Å². The first-order chi connectivity index (χ1) is 14.3. The number of amides is 1. The van der Waals surface area contributed by atoms with Gasteiger partial charge in [0.2, 0.25) is 0 Å². The highest BCUT2D eigenvalue weighted by molar-refractivity contribution is 5.94. The van der Waals surface area contributed by atoms with Gasteiger partial charge in [-0.2, -0.15) is 5.10 Å². The first-order valence-electron chi connectivity index (χ1n) is 10.4. The highest BCUT2D eigenvalue weighted by Crippen LogP contribution is 2.24. The van der Waals surface area contributed by atoms with Gasteiger partial charge in [-0.05, 0) is 53.8 Å². The number of nitrogens with zero attached hydrogens (tertiary/aromatic N) is 3. The van der Waals surface area contributed by atoms with E-state index in [0.29, 0.717) is 18.7 Å². The van der Waals surface area contributed by atoms with E-state index in [1.807, 2.05) is 61.1 Å². The maximum Gasteiger partial charge on any atom is 0.253 e. The van der Waals surface area contributed by atoms with Gasteiger partial charge in [0.25, 0.3) is 5.91 Å². The SMILES string of the molecule is CCn1nccc1CN(C)C(=O)c1cccc(COc2ccc(C(C)(C)C)cc2)c1. The van der Waals surface area contributed by atoms with Crippen molar-refractivity contribution in [2.75, 3.05) is 7.05 Å². The lowest BCUT2D eigenvalue weighted by Crippen LogP contribution is -2.27. The molecule has 0 fully saturated rings. The number of ether oxygens (including phenoxy) is 1. The Morgan fingerprint density at radius 1 is 1.10 bits per heavy atom. The summed E-state index contributed by atoms with van der Waals surface area (Å²) >= 11 is 0. The fourth-order valence-electron chi connectivity index (χ4n) is 3.33. The second-order valence-electron chi connectivity index (χ2n) is 8.56. The van der Waals surface area contributed by atoms with Crippen LogP contribution < -0.4 is 4.74 Å². The number of hydrogen-bond acceptors (Lipinski definition) is 3. The topological polar surface area (TPSA) is 47.4 Å². The van der Waals surface area contributed by atoms with E-state index in [1.165, 1.54) is 5.56 Å². The molecule has 0 spiro atoms. The number of benzene rings is 2. The first-order valence-corrected chi connectivity index (χ1v) is 10.4. The van der Waals surface area contributed by atoms with Crippen LogP contribution in [-0.4, -0.2) is 27.6 Å². The van der Waals surface area contributed by atoms with E-state index in [1.54, 1.807) is 11.1 Å². The van der Waals surface area contributed by atoms with E-state index in [0.717, 1.165) is 23.6 Å². The van der Waals surface area contributed by atoms with Crippen LogP contribution >= 0.6 is 0 Å². The summed E-state index contributed by atoms with van der Waals surface area (Å²) in [6, 6.07) is 17.8. The van der Waals surface area contributed by atoms with E-state index in [-0.39, 0.29) is 11.3 Å². The molecule has 158 valence electrons. The lowest BCUT2D eigenvalue weighted by Gasteiger charge is -2.19. The Morgan fingerprint density at radius 3 is 2.50 bits per heavy atom. The second kappa shape index (κ2) is 9.16. The minimum Gasteiger partial charge on any atom is -0.489 e. The summed E-state index contributed by atoms with van der Waals surface area (Å²) in [5, 5.41) is 4.27. The smallest absolute Gasteiger partial charge is 0.253 e. The molecule has 1 aromatic heterocycles. The van der Waals surface area contributed by atoms with Crippen molar-refractivity contribution >= 4 is 5.91 Å². The van der Waals surface area contributed by atoms with Gasteiger partial charge >= 0.3 is 0 Å². The molecule has 30 heavy (non-hydrogen) atoms. The van der Waals surface area contributed by atoms with Crippen molar-refractivity contribution in [3.05, 3.63) is 83.2 Å². The highest BCUT2D eigenvalue weighted by atomic mass is 16.5. The van der Waals surface area contributed by atoms with Crippen molar-refractivity contribution in [1.29, 1.82) is 0 Å². The van der Waals surface area contributed by atoms with Gasteiger partial charge in [0, 0.05) is 25.4 Å². The summed E-state index contributed by atoms with van der Waals surface area (Å²) in [6.07, 6.45) is 1.77. The van der Waals surface area contributed by atoms with E-state index >= 15 is 0 Å². The summed E-state index contributed by atoms with van der Waals surface area (Å²) in [7, 11) is 1.81. The standard InChI is InChI=1S/C25H31N3O2/c1-6-28-22(14-15-26-28)17-27(5)24(29)20-9-7-8-19(16-20)18-30-23-12-10-21(11-13-23)25(2,3)4/h7-16H,6,17-18H2,1-5H3. The fourth-order valence-corrected chi connectivity index (χ4v) is 3.33. The molecule has 0 aliphatic rings. The van der Waals surface area contributed by atoms with E-state index in [9.17, 15) is 4.79 Å². The van der Waals surface area contributed by atoms with Crippen LogP contribution in [0.25, 0.3) is 0 Å². The van der Waals surface area contributed by atoms with Gasteiger partial charge in [-0.25, -0.2) is 0 Å². The maximum absolute atomic E-state index is 12.9. The van der Waals surface area contributed by atoms with Crippen molar-refractivity contribution < 1.29 is 9.53 Å². The zero-order valence-corrected chi connectivity index (χ0v) is 18.6. The normalized spacial score (nSPS) is 11.4. The number of aromatic nitrogens is 2. The zero-order chi connectivity index (χ0) is 21.7. The van der Waals surface area contributed by atoms with Gasteiger partial charge in [0.1, 0.15) is 12.4 Å². The summed E-state index contributed by atoms with van der Waals surface area (Å²) in [5.74, 6) is 0.805. The van der Waals surface area contributed by atoms with Crippen LogP contribution in [0.4, 0.5) is 0 Å². The molecule has 3 rings (SSSR count). The van der Waals surface area contributed by atoms with E-state index in [4.69, 9.17) is 4.74 Å². The molecule has 1 heterocycles. The van der Waals surface area contributed by atoms with Gasteiger partial charge in [0.15, 0.2) is 0 Å². The molecule has 0 atom stereocenters. The molecule has 2 aromatic carbocycles. The van der Waals surface area contributed by atoms with Crippen molar-refractivity contribution in [2.45, 2.75) is 52.8 Å². The molecule has 3 aromatic rings. The first kappa shape index (κ1) is 21.6. The molecule has 0 aliphatic heterocycles. The Morgan fingerprint density at radius 2 is 1.83 bits per heavy atom. The average molecular weight is 406 g/mol. The molecule has 0 saturated carbocycles. The number of rotatable bonds is 7. The van der Waals surface area contributed by atoms with Crippen LogP contribution in [0.3, 0.4) is 0 Å². The molecule has 0 radical (unpaired) electrons. The second-order valence-corrected chi connectivity index (χ2v) is 8.56. The van der Waals surface area contributed by atoms with Crippen molar-refractivity contribution in [3.8, 4) is 5.75 Å². The van der Waals surface area contributed by atoms with Crippen molar-refractivity contribution in [1.82, 2.24) is 14.7 Å². The van der Waals surface area contributed by atoms with Crippen LogP contribution in [0, 0.1) is 0 Å². The minimum atomic E-state index is -0.0183. The Kier molecular flexibility index (Phi) is 6.60. The van der Waals surface area contributed by atoms with Crippen LogP contribution in [-0.2, 0) is 25.1 Å². The number of carbonyl (C=O) groups excluding carboxylic acids is 1. The van der Waals surface area contributed by atoms with Crippen LogP contribution in [0.15, 0.2) is 60.8 Å². The van der Waals surface area contributed by atoms with Crippen LogP contribution in [0.2, 0.25) is 0 Å². The lowest BCUT2D eigenvalue weighted by molar-refractivity contribution is 0.0781. The number of hydrogen-bond donors (Lipinski definition) is 0. The predicted molar refractivity (Wildman–Crippen MR) is 120 cm³/mol. The zero-order valence-electron chi connectivity index (χ0n) is 18.6. The molecule has 1 amide bonds. The highest BCUT2D eigenvalue weighted by Gasteiger charge is 2.15. The third-order valence-electron chi connectivity index (χ3n) is 5.15. The Hall–Kier alpha value is -3.08. The number of carbonyl (C=O) groups is 1. The van der Waals surface area contributed by atoms with Gasteiger partial charge in [-0.15, -0.1) is 0 Å². The third kappa shape index (κ3) is 5.29. The Labute approximate surface area is 179 Å². The minimum absolute atomic E-state index is 0.0183. The third-order valence-corrected chi connectivity index (χ3v) is 5.15. The summed E-state index contributed by atoms with van der Waals surface area (Å²) in [6.45, 7) is 10.3. The van der Waals surface area contributed by atoms with Crippen molar-refractivity contribution in [3.63, 3.8) is 0 Å². The van der Waals surface area contributed by atoms with E-state index < -0.39 is 0 Å². The largest absolute Gasteiger partial charge is 0.489 e.